The quantitative estimate of drug-likeness (QED) is 0.654. The summed E-state index contributed by atoms with van der Waals surface area (Å²) in [5, 5.41) is 17.1. The van der Waals surface area contributed by atoms with Crippen LogP contribution in [0.15, 0.2) is 24.3 Å². The van der Waals surface area contributed by atoms with Gasteiger partial charge in [0.2, 0.25) is 10.0 Å². The lowest BCUT2D eigenvalue weighted by Gasteiger charge is -2.07. The van der Waals surface area contributed by atoms with Crippen molar-refractivity contribution in [3.63, 3.8) is 0 Å². The fourth-order valence-electron chi connectivity index (χ4n) is 1.38. The molecule has 2 N–H and O–H groups in total. The van der Waals surface area contributed by atoms with Gasteiger partial charge in [0.15, 0.2) is 0 Å². The van der Waals surface area contributed by atoms with Crippen LogP contribution >= 0.6 is 0 Å². The second-order valence-electron chi connectivity index (χ2n) is 3.80. The molecule has 0 aliphatic rings. The Morgan fingerprint density at radius 2 is 1.95 bits per heavy atom. The van der Waals surface area contributed by atoms with E-state index in [4.69, 9.17) is 15.1 Å². The van der Waals surface area contributed by atoms with Crippen molar-refractivity contribution in [2.45, 2.75) is 5.75 Å². The van der Waals surface area contributed by atoms with Gasteiger partial charge >= 0.3 is 0 Å². The van der Waals surface area contributed by atoms with Gasteiger partial charge in [-0.1, -0.05) is 12.1 Å². The number of hydrogen-bond donors (Lipinski definition) is 2. The van der Waals surface area contributed by atoms with Gasteiger partial charge in [-0.3, -0.25) is 0 Å². The maximum absolute atomic E-state index is 11.7. The highest BCUT2D eigenvalue weighted by atomic mass is 32.2. The molecule has 104 valence electrons. The monoisotopic (exact) mass is 284 g/mol. The fraction of sp³-hybridized carbons (Fsp3) is 0.417. The molecule has 0 aliphatic heterocycles. The van der Waals surface area contributed by atoms with Gasteiger partial charge in [0.05, 0.1) is 37.2 Å². The van der Waals surface area contributed by atoms with Crippen LogP contribution in [0.2, 0.25) is 0 Å². The zero-order chi connectivity index (χ0) is 14.1. The number of sulfonamides is 1. The molecule has 0 atom stereocenters. The van der Waals surface area contributed by atoms with Crippen molar-refractivity contribution >= 4 is 10.0 Å². The minimum Gasteiger partial charge on any atom is -0.394 e. The van der Waals surface area contributed by atoms with Crippen molar-refractivity contribution in [3.05, 3.63) is 35.4 Å². The SMILES string of the molecule is N#Cc1ccc(CS(=O)(=O)NCCOCCO)cc1. The van der Waals surface area contributed by atoms with Crippen molar-refractivity contribution in [1.82, 2.24) is 4.72 Å². The molecule has 0 bridgehead atoms. The minimum atomic E-state index is -3.42. The Kier molecular flexibility index (Phi) is 6.45. The molecule has 0 spiro atoms. The molecule has 0 radical (unpaired) electrons. The van der Waals surface area contributed by atoms with Gasteiger partial charge in [0.1, 0.15) is 0 Å². The summed E-state index contributed by atoms with van der Waals surface area (Å²) in [6.45, 7) is 0.487. The summed E-state index contributed by atoms with van der Waals surface area (Å²) in [5.41, 5.74) is 1.11. The maximum Gasteiger partial charge on any atom is 0.215 e. The molecule has 0 saturated heterocycles. The highest BCUT2D eigenvalue weighted by molar-refractivity contribution is 7.88. The second-order valence-corrected chi connectivity index (χ2v) is 5.60. The van der Waals surface area contributed by atoms with E-state index in [0.717, 1.165) is 0 Å². The van der Waals surface area contributed by atoms with Crippen LogP contribution < -0.4 is 4.72 Å². The van der Waals surface area contributed by atoms with Gasteiger partial charge in [-0.15, -0.1) is 0 Å². The molecule has 0 aromatic heterocycles. The third-order valence-electron chi connectivity index (χ3n) is 2.24. The van der Waals surface area contributed by atoms with Crippen molar-refractivity contribution < 1.29 is 18.3 Å². The standard InChI is InChI=1S/C12H16N2O4S/c13-9-11-1-3-12(4-2-11)10-19(16,17)14-5-7-18-8-6-15/h1-4,14-15H,5-8,10H2. The van der Waals surface area contributed by atoms with E-state index in [1.54, 1.807) is 24.3 Å². The number of nitrogens with zero attached hydrogens (tertiary/aromatic N) is 1. The molecule has 0 saturated carbocycles. The summed E-state index contributed by atoms with van der Waals surface area (Å²) in [6.07, 6.45) is 0. The lowest BCUT2D eigenvalue weighted by molar-refractivity contribution is 0.0961. The molecule has 0 fully saturated rings. The van der Waals surface area contributed by atoms with Crippen LogP contribution in [0.1, 0.15) is 11.1 Å². The highest BCUT2D eigenvalue weighted by Crippen LogP contribution is 2.06. The molecule has 0 unspecified atom stereocenters. The number of ether oxygens (including phenoxy) is 1. The van der Waals surface area contributed by atoms with Crippen LogP contribution in [0.4, 0.5) is 0 Å². The van der Waals surface area contributed by atoms with Crippen LogP contribution in [0, 0.1) is 11.3 Å². The molecule has 7 heteroatoms. The topological polar surface area (TPSA) is 99.4 Å². The van der Waals surface area contributed by atoms with Gasteiger partial charge in [-0.05, 0) is 17.7 Å². The van der Waals surface area contributed by atoms with Crippen LogP contribution in [0.3, 0.4) is 0 Å². The Hall–Kier alpha value is -1.46. The number of aliphatic hydroxyl groups is 1. The number of benzene rings is 1. The first-order valence-corrected chi connectivity index (χ1v) is 7.37. The van der Waals surface area contributed by atoms with E-state index in [1.165, 1.54) is 0 Å². The Bertz CT molecular complexity index is 520. The van der Waals surface area contributed by atoms with Crippen molar-refractivity contribution in [1.29, 1.82) is 5.26 Å². The van der Waals surface area contributed by atoms with Crippen LogP contribution in [-0.2, 0) is 20.5 Å². The van der Waals surface area contributed by atoms with Crippen molar-refractivity contribution in [3.8, 4) is 6.07 Å². The van der Waals surface area contributed by atoms with E-state index in [1.807, 2.05) is 6.07 Å². The van der Waals surface area contributed by atoms with E-state index in [9.17, 15) is 8.42 Å². The summed E-state index contributed by atoms with van der Waals surface area (Å²) in [7, 11) is -3.42. The Balaban J connectivity index is 2.43. The van der Waals surface area contributed by atoms with E-state index < -0.39 is 10.0 Å². The van der Waals surface area contributed by atoms with Crippen LogP contribution in [-0.4, -0.2) is 39.9 Å². The zero-order valence-corrected chi connectivity index (χ0v) is 11.2. The number of aliphatic hydroxyl groups excluding tert-OH is 1. The van der Waals surface area contributed by atoms with Crippen LogP contribution in [0.5, 0.6) is 0 Å². The third-order valence-corrected chi connectivity index (χ3v) is 3.60. The average molecular weight is 284 g/mol. The van der Waals surface area contributed by atoms with Crippen molar-refractivity contribution in [2.24, 2.45) is 0 Å². The van der Waals surface area contributed by atoms with Gasteiger partial charge in [0.25, 0.3) is 0 Å². The van der Waals surface area contributed by atoms with E-state index in [2.05, 4.69) is 4.72 Å². The van der Waals surface area contributed by atoms with E-state index in [-0.39, 0.29) is 32.1 Å². The van der Waals surface area contributed by atoms with Gasteiger partial charge in [-0.25, -0.2) is 13.1 Å². The lowest BCUT2D eigenvalue weighted by atomic mass is 10.2. The number of rotatable bonds is 8. The average Bonchev–Trinajstić information content (AvgIpc) is 2.39. The Morgan fingerprint density at radius 3 is 2.53 bits per heavy atom. The summed E-state index contributed by atoms with van der Waals surface area (Å²) in [6, 6.07) is 8.35. The predicted octanol–water partition coefficient (Wildman–Crippen LogP) is -0.0134. The molecule has 0 aliphatic carbocycles. The molecule has 19 heavy (non-hydrogen) atoms. The lowest BCUT2D eigenvalue weighted by Crippen LogP contribution is -2.28. The predicted molar refractivity (Wildman–Crippen MR) is 69.7 cm³/mol. The first kappa shape index (κ1) is 15.6. The first-order chi connectivity index (χ1) is 9.07. The van der Waals surface area contributed by atoms with Crippen LogP contribution in [0.25, 0.3) is 0 Å². The summed E-state index contributed by atoms with van der Waals surface area (Å²) in [4.78, 5) is 0. The molecular formula is C12H16N2O4S. The Morgan fingerprint density at radius 1 is 1.26 bits per heavy atom. The summed E-state index contributed by atoms with van der Waals surface area (Å²) < 4.78 is 30.8. The van der Waals surface area contributed by atoms with Gasteiger partial charge in [-0.2, -0.15) is 5.26 Å². The normalized spacial score (nSPS) is 11.2. The maximum atomic E-state index is 11.7. The first-order valence-electron chi connectivity index (χ1n) is 5.72. The number of nitrogens with one attached hydrogen (secondary N) is 1. The molecule has 0 heterocycles. The number of nitriles is 1. The molecular weight excluding hydrogens is 268 g/mol. The van der Waals surface area contributed by atoms with E-state index in [0.29, 0.717) is 11.1 Å². The Labute approximate surface area is 112 Å². The number of hydrogen-bond acceptors (Lipinski definition) is 5. The molecule has 1 rings (SSSR count). The minimum absolute atomic E-state index is 0.0853. The van der Waals surface area contributed by atoms with Gasteiger partial charge < -0.3 is 9.84 Å². The molecule has 0 amide bonds. The third kappa shape index (κ3) is 6.31. The zero-order valence-electron chi connectivity index (χ0n) is 10.4. The smallest absolute Gasteiger partial charge is 0.215 e. The molecule has 6 nitrogen and oxygen atoms in total. The summed E-state index contributed by atoms with van der Waals surface area (Å²) in [5.74, 6) is -0.140. The van der Waals surface area contributed by atoms with Crippen molar-refractivity contribution in [2.75, 3.05) is 26.4 Å². The molecule has 1 aromatic carbocycles. The van der Waals surface area contributed by atoms with E-state index >= 15 is 0 Å². The second kappa shape index (κ2) is 7.86. The molecule has 1 aromatic rings. The van der Waals surface area contributed by atoms with Gasteiger partial charge in [0, 0.05) is 6.54 Å². The summed E-state index contributed by atoms with van der Waals surface area (Å²) >= 11 is 0. The highest BCUT2D eigenvalue weighted by Gasteiger charge is 2.10. The largest absolute Gasteiger partial charge is 0.394 e. The fourth-order valence-corrected chi connectivity index (χ4v) is 2.51.